The van der Waals surface area contributed by atoms with E-state index in [-0.39, 0.29) is 18.6 Å². The molecule has 0 spiro atoms. The summed E-state index contributed by atoms with van der Waals surface area (Å²) in [5, 5.41) is 2.90. The summed E-state index contributed by atoms with van der Waals surface area (Å²) in [4.78, 5) is 17.0. The molecule has 0 heterocycles. The summed E-state index contributed by atoms with van der Waals surface area (Å²) >= 11 is 0. The Morgan fingerprint density at radius 1 is 1.00 bits per heavy atom. The Kier molecular flexibility index (Phi) is 9.37. The van der Waals surface area contributed by atoms with Gasteiger partial charge in [-0.1, -0.05) is 44.2 Å². The zero-order valence-corrected chi connectivity index (χ0v) is 18.5. The number of halogens is 3. The highest BCUT2D eigenvalue weighted by atomic mass is 19.4. The van der Waals surface area contributed by atoms with E-state index in [1.807, 2.05) is 25.1 Å². The van der Waals surface area contributed by atoms with Crippen molar-refractivity contribution in [2.75, 3.05) is 25.0 Å². The molecule has 2 amide bonds. The molecule has 0 fully saturated rings. The molecule has 0 aliphatic heterocycles. The SMILES string of the molecule is CCN(CC)CCCC(C)N(Cc1ccc(C(F)(F)F)cc1)C(=O)Nc1ccccc1. The van der Waals surface area contributed by atoms with E-state index in [1.165, 1.54) is 12.1 Å². The molecule has 0 bridgehead atoms. The predicted octanol–water partition coefficient (Wildman–Crippen LogP) is 6.25. The first-order chi connectivity index (χ1) is 14.7. The maximum Gasteiger partial charge on any atom is 0.416 e. The molecule has 0 aliphatic carbocycles. The number of carbonyl (C=O) groups excluding carboxylic acids is 1. The van der Waals surface area contributed by atoms with E-state index in [4.69, 9.17) is 0 Å². The molecule has 4 nitrogen and oxygen atoms in total. The number of nitrogens with one attached hydrogen (secondary N) is 1. The fraction of sp³-hybridized carbons (Fsp3) is 0.458. The second kappa shape index (κ2) is 11.7. The van der Waals surface area contributed by atoms with Crippen molar-refractivity contribution in [3.63, 3.8) is 0 Å². The molecular weight excluding hydrogens is 403 g/mol. The second-order valence-corrected chi connectivity index (χ2v) is 7.64. The van der Waals surface area contributed by atoms with Crippen LogP contribution < -0.4 is 5.32 Å². The van der Waals surface area contributed by atoms with E-state index in [9.17, 15) is 18.0 Å². The zero-order chi connectivity index (χ0) is 22.9. The fourth-order valence-electron chi connectivity index (χ4n) is 3.45. The normalized spacial score (nSPS) is 12.6. The summed E-state index contributed by atoms with van der Waals surface area (Å²) in [6.45, 7) is 9.38. The van der Waals surface area contributed by atoms with E-state index < -0.39 is 11.7 Å². The van der Waals surface area contributed by atoms with Gasteiger partial charge in [-0.05, 0) is 69.2 Å². The van der Waals surface area contributed by atoms with Crippen molar-refractivity contribution in [3.8, 4) is 0 Å². The Balaban J connectivity index is 2.11. The molecule has 31 heavy (non-hydrogen) atoms. The Morgan fingerprint density at radius 3 is 2.16 bits per heavy atom. The summed E-state index contributed by atoms with van der Waals surface area (Å²) < 4.78 is 38.6. The van der Waals surface area contributed by atoms with Crippen LogP contribution in [0.5, 0.6) is 0 Å². The molecule has 7 heteroatoms. The third kappa shape index (κ3) is 7.90. The first-order valence-electron chi connectivity index (χ1n) is 10.8. The van der Waals surface area contributed by atoms with Crippen molar-refractivity contribution in [1.29, 1.82) is 0 Å². The molecule has 2 aromatic carbocycles. The summed E-state index contributed by atoms with van der Waals surface area (Å²) in [5.41, 5.74) is 0.649. The van der Waals surface area contributed by atoms with E-state index in [1.54, 1.807) is 17.0 Å². The number of alkyl halides is 3. The largest absolute Gasteiger partial charge is 0.416 e. The summed E-state index contributed by atoms with van der Waals surface area (Å²) in [5.74, 6) is 0. The topological polar surface area (TPSA) is 35.6 Å². The first-order valence-corrected chi connectivity index (χ1v) is 10.8. The van der Waals surface area contributed by atoms with E-state index in [0.717, 1.165) is 44.6 Å². The van der Waals surface area contributed by atoms with Crippen LogP contribution in [0.4, 0.5) is 23.7 Å². The highest BCUT2D eigenvalue weighted by Gasteiger charge is 2.30. The van der Waals surface area contributed by atoms with Gasteiger partial charge >= 0.3 is 12.2 Å². The third-order valence-electron chi connectivity index (χ3n) is 5.44. The zero-order valence-electron chi connectivity index (χ0n) is 18.5. The van der Waals surface area contributed by atoms with Crippen molar-refractivity contribution < 1.29 is 18.0 Å². The van der Waals surface area contributed by atoms with Gasteiger partial charge in [0.1, 0.15) is 0 Å². The Hall–Kier alpha value is -2.54. The number of rotatable bonds is 10. The lowest BCUT2D eigenvalue weighted by Crippen LogP contribution is -2.41. The monoisotopic (exact) mass is 435 g/mol. The van der Waals surface area contributed by atoms with Crippen LogP contribution in [0.1, 0.15) is 44.7 Å². The highest BCUT2D eigenvalue weighted by molar-refractivity contribution is 5.89. The Morgan fingerprint density at radius 2 is 1.61 bits per heavy atom. The molecule has 0 saturated carbocycles. The van der Waals surface area contributed by atoms with Crippen LogP contribution in [0.2, 0.25) is 0 Å². The van der Waals surface area contributed by atoms with Gasteiger partial charge in [0.25, 0.3) is 0 Å². The summed E-state index contributed by atoms with van der Waals surface area (Å²) in [7, 11) is 0. The van der Waals surface area contributed by atoms with Crippen molar-refractivity contribution in [2.24, 2.45) is 0 Å². The van der Waals surface area contributed by atoms with Gasteiger partial charge in [-0.15, -0.1) is 0 Å². The van der Waals surface area contributed by atoms with Crippen LogP contribution in [0.25, 0.3) is 0 Å². The molecule has 1 atom stereocenters. The first kappa shape index (κ1) is 24.7. The van der Waals surface area contributed by atoms with Crippen LogP contribution >= 0.6 is 0 Å². The molecule has 2 rings (SSSR count). The lowest BCUT2D eigenvalue weighted by Gasteiger charge is -2.30. The predicted molar refractivity (Wildman–Crippen MR) is 119 cm³/mol. The quantitative estimate of drug-likeness (QED) is 0.479. The van der Waals surface area contributed by atoms with Crippen LogP contribution in [0.15, 0.2) is 54.6 Å². The molecule has 0 radical (unpaired) electrons. The minimum Gasteiger partial charge on any atom is -0.318 e. The van der Waals surface area contributed by atoms with Gasteiger partial charge in [0.15, 0.2) is 0 Å². The van der Waals surface area contributed by atoms with Crippen LogP contribution in [0.3, 0.4) is 0 Å². The standard InChI is InChI=1S/C24H32F3N3O/c1-4-29(5-2)17-9-10-19(3)30(23(31)28-22-11-7-6-8-12-22)18-20-13-15-21(16-14-20)24(25,26)27/h6-8,11-16,19H,4-5,9-10,17-18H2,1-3H3,(H,28,31). The van der Waals surface area contributed by atoms with E-state index >= 15 is 0 Å². The molecular formula is C24H32F3N3O. The molecule has 1 unspecified atom stereocenters. The molecule has 0 aliphatic rings. The molecule has 0 aromatic heterocycles. The van der Waals surface area contributed by atoms with Crippen molar-refractivity contribution in [2.45, 2.75) is 52.4 Å². The molecule has 0 saturated heterocycles. The second-order valence-electron chi connectivity index (χ2n) is 7.64. The van der Waals surface area contributed by atoms with Crippen LogP contribution in [0, 0.1) is 0 Å². The summed E-state index contributed by atoms with van der Waals surface area (Å²) in [6, 6.07) is 13.8. The Labute approximate surface area is 183 Å². The Bertz CT molecular complexity index is 790. The van der Waals surface area contributed by atoms with Gasteiger partial charge in [-0.25, -0.2) is 4.79 Å². The molecule has 2 aromatic rings. The number of carbonyl (C=O) groups is 1. The van der Waals surface area contributed by atoms with Crippen molar-refractivity contribution >= 4 is 11.7 Å². The highest BCUT2D eigenvalue weighted by Crippen LogP contribution is 2.29. The number of amides is 2. The number of para-hydroxylation sites is 1. The minimum atomic E-state index is -4.37. The van der Waals surface area contributed by atoms with Crippen molar-refractivity contribution in [3.05, 3.63) is 65.7 Å². The van der Waals surface area contributed by atoms with Crippen LogP contribution in [-0.2, 0) is 12.7 Å². The van der Waals surface area contributed by atoms with Gasteiger partial charge in [0.2, 0.25) is 0 Å². The van der Waals surface area contributed by atoms with Crippen LogP contribution in [-0.4, -0.2) is 41.5 Å². The van der Waals surface area contributed by atoms with Crippen molar-refractivity contribution in [1.82, 2.24) is 9.80 Å². The third-order valence-corrected chi connectivity index (χ3v) is 5.44. The van der Waals surface area contributed by atoms with Gasteiger partial charge < -0.3 is 15.1 Å². The maximum atomic E-state index is 13.0. The molecule has 170 valence electrons. The average Bonchev–Trinajstić information content (AvgIpc) is 2.75. The maximum absolute atomic E-state index is 13.0. The lowest BCUT2D eigenvalue weighted by atomic mass is 10.1. The number of urea groups is 1. The van der Waals surface area contributed by atoms with Gasteiger partial charge in [-0.2, -0.15) is 13.2 Å². The number of nitrogens with zero attached hydrogens (tertiary/aromatic N) is 2. The number of hydrogen-bond donors (Lipinski definition) is 1. The minimum absolute atomic E-state index is 0.0680. The van der Waals surface area contributed by atoms with Gasteiger partial charge in [0, 0.05) is 18.3 Å². The number of hydrogen-bond acceptors (Lipinski definition) is 2. The number of anilines is 1. The van der Waals surface area contributed by atoms with Gasteiger partial charge in [-0.3, -0.25) is 0 Å². The summed E-state index contributed by atoms with van der Waals surface area (Å²) in [6.07, 6.45) is -2.63. The average molecular weight is 436 g/mol. The molecule has 1 N–H and O–H groups in total. The van der Waals surface area contributed by atoms with E-state index in [2.05, 4.69) is 24.1 Å². The lowest BCUT2D eigenvalue weighted by molar-refractivity contribution is -0.137. The number of benzene rings is 2. The fourth-order valence-corrected chi connectivity index (χ4v) is 3.45. The van der Waals surface area contributed by atoms with Gasteiger partial charge in [0.05, 0.1) is 5.56 Å². The smallest absolute Gasteiger partial charge is 0.318 e. The van der Waals surface area contributed by atoms with E-state index in [0.29, 0.717) is 11.3 Å².